The van der Waals surface area contributed by atoms with E-state index in [1.165, 1.54) is 34.9 Å². The maximum atomic E-state index is 12.8. The average molecular weight is 487 g/mol. The first-order valence-corrected chi connectivity index (χ1v) is 13.7. The Morgan fingerprint density at radius 3 is 1.45 bits per heavy atom. The molecule has 0 radical (unpaired) electrons. The number of carbonyl (C=O) groups excluding carboxylic acids is 2. The molecule has 1 aromatic rings. The van der Waals surface area contributed by atoms with Gasteiger partial charge >= 0.3 is 0 Å². The lowest BCUT2D eigenvalue weighted by Crippen LogP contribution is -2.50. The summed E-state index contributed by atoms with van der Waals surface area (Å²) >= 11 is 4.40. The Kier molecular flexibility index (Phi) is 9.45. The first kappa shape index (κ1) is 24.8. The first-order chi connectivity index (χ1) is 14.9. The number of likely N-dealkylation sites (N-methyl/N-ethyl adjacent to an activating group) is 2. The highest BCUT2D eigenvalue weighted by Gasteiger charge is 2.28. The van der Waals surface area contributed by atoms with Gasteiger partial charge in [-0.1, -0.05) is 48.7 Å². The molecule has 31 heavy (non-hydrogen) atoms. The van der Waals surface area contributed by atoms with E-state index < -0.39 is 0 Å². The Balaban J connectivity index is 1.46. The van der Waals surface area contributed by atoms with Crippen LogP contribution in [0, 0.1) is 0 Å². The van der Waals surface area contributed by atoms with Crippen LogP contribution in [0.4, 0.5) is 0 Å². The SMILES string of the molecule is CCN1CCN(C(=O)C(C)Sc2nnc(SC(C)C(=O)N3CCN(CC)CC3)s2)CC1. The van der Waals surface area contributed by atoms with Gasteiger partial charge in [-0.15, -0.1) is 10.2 Å². The second kappa shape index (κ2) is 11.8. The summed E-state index contributed by atoms with van der Waals surface area (Å²) in [4.78, 5) is 34.2. The minimum absolute atomic E-state index is 0.167. The van der Waals surface area contributed by atoms with Gasteiger partial charge in [0.1, 0.15) is 0 Å². The van der Waals surface area contributed by atoms with Crippen molar-refractivity contribution in [3.8, 4) is 0 Å². The quantitative estimate of drug-likeness (QED) is 0.516. The number of thioether (sulfide) groups is 2. The minimum atomic E-state index is -0.187. The smallest absolute Gasteiger partial charge is 0.235 e. The molecule has 3 rings (SSSR count). The van der Waals surface area contributed by atoms with Crippen LogP contribution in [0.2, 0.25) is 0 Å². The Hall–Kier alpha value is -0.880. The normalized spacial score (nSPS) is 20.6. The van der Waals surface area contributed by atoms with E-state index in [1.807, 2.05) is 23.6 Å². The highest BCUT2D eigenvalue weighted by atomic mass is 32.2. The van der Waals surface area contributed by atoms with Gasteiger partial charge in [0.15, 0.2) is 8.68 Å². The van der Waals surface area contributed by atoms with Crippen molar-refractivity contribution in [2.45, 2.75) is 46.9 Å². The lowest BCUT2D eigenvalue weighted by molar-refractivity contribution is -0.132. The fraction of sp³-hybridized carbons (Fsp3) is 0.800. The van der Waals surface area contributed by atoms with Crippen molar-refractivity contribution in [3.63, 3.8) is 0 Å². The molecule has 11 heteroatoms. The summed E-state index contributed by atoms with van der Waals surface area (Å²) < 4.78 is 1.57. The summed E-state index contributed by atoms with van der Waals surface area (Å²) in [6.45, 7) is 17.2. The topological polar surface area (TPSA) is 72.9 Å². The Morgan fingerprint density at radius 2 is 1.13 bits per heavy atom. The molecule has 2 atom stereocenters. The number of aromatic nitrogens is 2. The molecule has 2 fully saturated rings. The predicted molar refractivity (Wildman–Crippen MR) is 128 cm³/mol. The Labute approximate surface area is 198 Å². The maximum absolute atomic E-state index is 12.8. The van der Waals surface area contributed by atoms with Gasteiger partial charge in [0.2, 0.25) is 11.8 Å². The van der Waals surface area contributed by atoms with Crippen molar-refractivity contribution >= 4 is 46.7 Å². The van der Waals surface area contributed by atoms with E-state index in [1.54, 1.807) is 0 Å². The van der Waals surface area contributed by atoms with Gasteiger partial charge in [-0.2, -0.15) is 0 Å². The van der Waals surface area contributed by atoms with Crippen LogP contribution in [0.25, 0.3) is 0 Å². The molecule has 2 unspecified atom stereocenters. The van der Waals surface area contributed by atoms with Crippen LogP contribution in [0.3, 0.4) is 0 Å². The molecule has 174 valence electrons. The number of nitrogens with zero attached hydrogens (tertiary/aromatic N) is 6. The van der Waals surface area contributed by atoms with Crippen molar-refractivity contribution in [1.29, 1.82) is 0 Å². The fourth-order valence-electron chi connectivity index (χ4n) is 3.78. The van der Waals surface area contributed by atoms with Crippen molar-refractivity contribution in [2.24, 2.45) is 0 Å². The highest BCUT2D eigenvalue weighted by molar-refractivity contribution is 8.04. The molecular weight excluding hydrogens is 452 g/mol. The largest absolute Gasteiger partial charge is 0.339 e. The lowest BCUT2D eigenvalue weighted by atomic mass is 10.3. The number of hydrogen-bond donors (Lipinski definition) is 0. The molecule has 1 aromatic heterocycles. The zero-order valence-corrected chi connectivity index (χ0v) is 21.4. The summed E-state index contributed by atoms with van der Waals surface area (Å²) in [6, 6.07) is 0. The van der Waals surface area contributed by atoms with Gasteiger partial charge in [-0.3, -0.25) is 9.59 Å². The molecule has 0 aliphatic carbocycles. The van der Waals surface area contributed by atoms with Crippen LogP contribution in [-0.4, -0.2) is 118 Å². The molecule has 8 nitrogen and oxygen atoms in total. The van der Waals surface area contributed by atoms with Gasteiger partial charge in [0.25, 0.3) is 0 Å². The van der Waals surface area contributed by atoms with Crippen LogP contribution in [0.1, 0.15) is 27.7 Å². The predicted octanol–water partition coefficient (Wildman–Crippen LogP) is 1.83. The van der Waals surface area contributed by atoms with Gasteiger partial charge in [-0.05, 0) is 26.9 Å². The monoisotopic (exact) mass is 486 g/mol. The van der Waals surface area contributed by atoms with Gasteiger partial charge in [-0.25, -0.2) is 0 Å². The van der Waals surface area contributed by atoms with E-state index in [-0.39, 0.29) is 22.3 Å². The van der Waals surface area contributed by atoms with E-state index in [9.17, 15) is 9.59 Å². The zero-order chi connectivity index (χ0) is 22.4. The van der Waals surface area contributed by atoms with E-state index >= 15 is 0 Å². The van der Waals surface area contributed by atoms with E-state index in [0.717, 1.165) is 74.1 Å². The molecule has 0 N–H and O–H groups in total. The number of piperazine rings is 2. The summed E-state index contributed by atoms with van der Waals surface area (Å²) in [7, 11) is 0. The zero-order valence-electron chi connectivity index (χ0n) is 19.0. The third-order valence-electron chi connectivity index (χ3n) is 5.90. The molecule has 0 bridgehead atoms. The molecule has 3 heterocycles. The van der Waals surface area contributed by atoms with Crippen molar-refractivity contribution in [1.82, 2.24) is 29.8 Å². The summed E-state index contributed by atoms with van der Waals surface area (Å²) in [5.41, 5.74) is 0. The highest BCUT2D eigenvalue weighted by Crippen LogP contribution is 2.34. The number of hydrogen-bond acceptors (Lipinski definition) is 9. The molecule has 2 aliphatic rings. The molecule has 2 saturated heterocycles. The van der Waals surface area contributed by atoms with Crippen LogP contribution in [0.15, 0.2) is 8.68 Å². The first-order valence-electron chi connectivity index (χ1n) is 11.1. The lowest BCUT2D eigenvalue weighted by Gasteiger charge is -2.35. The van der Waals surface area contributed by atoms with Crippen LogP contribution >= 0.6 is 34.9 Å². The van der Waals surface area contributed by atoms with E-state index in [0.29, 0.717) is 0 Å². The summed E-state index contributed by atoms with van der Waals surface area (Å²) in [5, 5.41) is 8.14. The maximum Gasteiger partial charge on any atom is 0.235 e. The Morgan fingerprint density at radius 1 is 0.774 bits per heavy atom. The van der Waals surface area contributed by atoms with E-state index in [4.69, 9.17) is 0 Å². The number of amides is 2. The van der Waals surface area contributed by atoms with Crippen LogP contribution < -0.4 is 0 Å². The average Bonchev–Trinajstić information content (AvgIpc) is 3.24. The second-order valence-corrected chi connectivity index (χ2v) is 12.0. The molecular formula is C20H34N6O2S3. The third-order valence-corrected chi connectivity index (χ3v) is 9.17. The molecule has 0 saturated carbocycles. The second-order valence-electron chi connectivity index (χ2n) is 7.87. The standard InChI is InChI=1S/C20H34N6O2S3/c1-5-23-7-11-25(12-8-23)17(27)15(3)29-19-21-22-20(31-19)30-16(4)18(28)26-13-9-24(6-2)10-14-26/h15-16H,5-14H2,1-4H3. The number of carbonyl (C=O) groups is 2. The van der Waals surface area contributed by atoms with Crippen LogP contribution in [0.5, 0.6) is 0 Å². The van der Waals surface area contributed by atoms with E-state index in [2.05, 4.69) is 33.8 Å². The fourth-order valence-corrected chi connectivity index (χ4v) is 7.25. The van der Waals surface area contributed by atoms with Gasteiger partial charge < -0.3 is 19.6 Å². The number of rotatable bonds is 8. The third kappa shape index (κ3) is 6.80. The Bertz CT molecular complexity index is 674. The summed E-state index contributed by atoms with van der Waals surface area (Å²) in [6.07, 6.45) is 0. The van der Waals surface area contributed by atoms with Gasteiger partial charge in [0, 0.05) is 52.4 Å². The van der Waals surface area contributed by atoms with Gasteiger partial charge in [0.05, 0.1) is 10.5 Å². The molecule has 2 aliphatic heterocycles. The van der Waals surface area contributed by atoms with Crippen LogP contribution in [-0.2, 0) is 9.59 Å². The minimum Gasteiger partial charge on any atom is -0.339 e. The molecule has 0 aromatic carbocycles. The molecule has 0 spiro atoms. The summed E-state index contributed by atoms with van der Waals surface area (Å²) in [5.74, 6) is 0.333. The molecule has 2 amide bonds. The van der Waals surface area contributed by atoms with Crippen molar-refractivity contribution in [3.05, 3.63) is 0 Å². The van der Waals surface area contributed by atoms with Crippen molar-refractivity contribution < 1.29 is 9.59 Å². The van der Waals surface area contributed by atoms with Crippen molar-refractivity contribution in [2.75, 3.05) is 65.4 Å².